The third-order valence-corrected chi connectivity index (χ3v) is 3.36. The van der Waals surface area contributed by atoms with Crippen molar-refractivity contribution in [2.45, 2.75) is 33.3 Å². The Morgan fingerprint density at radius 2 is 1.86 bits per heavy atom. The monoisotopic (exact) mass is 300 g/mol. The van der Waals surface area contributed by atoms with E-state index in [0.717, 1.165) is 17.4 Å². The summed E-state index contributed by atoms with van der Waals surface area (Å²) in [5.41, 5.74) is 1.12. The summed E-state index contributed by atoms with van der Waals surface area (Å²) in [4.78, 5) is 11.5. The third-order valence-electron chi connectivity index (χ3n) is 3.36. The van der Waals surface area contributed by atoms with Crippen LogP contribution in [0.4, 0.5) is 0 Å². The fourth-order valence-electron chi connectivity index (χ4n) is 2.23. The van der Waals surface area contributed by atoms with E-state index in [0.29, 0.717) is 29.5 Å². The van der Waals surface area contributed by atoms with Crippen molar-refractivity contribution in [3.63, 3.8) is 0 Å². The number of ether oxygens (including phenoxy) is 1. The van der Waals surface area contributed by atoms with Crippen LogP contribution in [0.25, 0.3) is 11.0 Å². The molecule has 0 aliphatic heterocycles. The Kier molecular flexibility index (Phi) is 3.91. The number of hydrogen-bond donors (Lipinski definition) is 0. The van der Waals surface area contributed by atoms with Gasteiger partial charge in [-0.2, -0.15) is 0 Å². The summed E-state index contributed by atoms with van der Waals surface area (Å²) in [5.74, 6) is 1.58. The molecule has 0 N–H and O–H groups in total. The van der Waals surface area contributed by atoms with Crippen LogP contribution in [-0.4, -0.2) is 10.2 Å². The molecule has 2 aromatic heterocycles. The summed E-state index contributed by atoms with van der Waals surface area (Å²) in [6.45, 7) is 4.12. The zero-order chi connectivity index (χ0) is 15.5. The second kappa shape index (κ2) is 6.01. The van der Waals surface area contributed by atoms with E-state index in [1.807, 2.05) is 26.0 Å². The smallest absolute Gasteiger partial charge is 0.336 e. The Balaban J connectivity index is 1.84. The molecule has 0 atom stereocenters. The minimum atomic E-state index is -0.356. The summed E-state index contributed by atoms with van der Waals surface area (Å²) in [6.07, 6.45) is 1.46. The van der Waals surface area contributed by atoms with Gasteiger partial charge in [-0.25, -0.2) is 4.79 Å². The second-order valence-electron chi connectivity index (χ2n) is 4.83. The van der Waals surface area contributed by atoms with Gasteiger partial charge in [0.2, 0.25) is 5.89 Å². The zero-order valence-corrected chi connectivity index (χ0v) is 12.5. The van der Waals surface area contributed by atoms with Gasteiger partial charge in [-0.15, -0.1) is 10.2 Å². The molecule has 6 heteroatoms. The van der Waals surface area contributed by atoms with Gasteiger partial charge in [-0.1, -0.05) is 13.8 Å². The molecule has 22 heavy (non-hydrogen) atoms. The fourth-order valence-corrected chi connectivity index (χ4v) is 2.23. The van der Waals surface area contributed by atoms with E-state index in [2.05, 4.69) is 10.2 Å². The fraction of sp³-hybridized carbons (Fsp3) is 0.312. The lowest BCUT2D eigenvalue weighted by atomic mass is 10.1. The molecule has 0 radical (unpaired) electrons. The zero-order valence-electron chi connectivity index (χ0n) is 12.5. The van der Waals surface area contributed by atoms with Gasteiger partial charge in [-0.3, -0.25) is 0 Å². The lowest BCUT2D eigenvalue weighted by Gasteiger charge is -2.06. The molecule has 0 spiro atoms. The SMILES string of the molecule is CCc1nnc(COc2ccc3c(CC)cc(=O)oc3c2)o1. The largest absolute Gasteiger partial charge is 0.484 e. The average molecular weight is 300 g/mol. The molecule has 0 aliphatic carbocycles. The molecule has 2 heterocycles. The van der Waals surface area contributed by atoms with Gasteiger partial charge < -0.3 is 13.6 Å². The summed E-state index contributed by atoms with van der Waals surface area (Å²) in [7, 11) is 0. The minimum absolute atomic E-state index is 0.177. The van der Waals surface area contributed by atoms with E-state index in [-0.39, 0.29) is 12.2 Å². The highest BCUT2D eigenvalue weighted by atomic mass is 16.5. The molecular weight excluding hydrogens is 284 g/mol. The highest BCUT2D eigenvalue weighted by Crippen LogP contribution is 2.23. The molecule has 3 aromatic rings. The average Bonchev–Trinajstić information content (AvgIpc) is 2.99. The number of benzene rings is 1. The van der Waals surface area contributed by atoms with Crippen molar-refractivity contribution >= 4 is 11.0 Å². The van der Waals surface area contributed by atoms with Crippen LogP contribution in [0.15, 0.2) is 37.9 Å². The number of aryl methyl sites for hydroxylation is 2. The van der Waals surface area contributed by atoms with Gasteiger partial charge in [0.05, 0.1) is 0 Å². The molecule has 3 rings (SSSR count). The van der Waals surface area contributed by atoms with Crippen LogP contribution in [0.1, 0.15) is 31.2 Å². The number of nitrogens with zero attached hydrogens (tertiary/aromatic N) is 2. The van der Waals surface area contributed by atoms with Crippen molar-refractivity contribution in [2.75, 3.05) is 0 Å². The Labute approximate surface area is 126 Å². The van der Waals surface area contributed by atoms with E-state index < -0.39 is 0 Å². The number of hydrogen-bond acceptors (Lipinski definition) is 6. The van der Waals surface area contributed by atoms with Gasteiger partial charge >= 0.3 is 5.63 Å². The first-order valence-electron chi connectivity index (χ1n) is 7.20. The van der Waals surface area contributed by atoms with Crippen molar-refractivity contribution in [3.8, 4) is 5.75 Å². The summed E-state index contributed by atoms with van der Waals surface area (Å²) in [5, 5.41) is 8.68. The molecule has 0 fully saturated rings. The molecular formula is C16H16N2O4. The van der Waals surface area contributed by atoms with Crippen LogP contribution in [0.5, 0.6) is 5.75 Å². The van der Waals surface area contributed by atoms with Gasteiger partial charge in [0.15, 0.2) is 6.61 Å². The molecule has 0 saturated heterocycles. The van der Waals surface area contributed by atoms with Crippen molar-refractivity contribution in [1.29, 1.82) is 0 Å². The quantitative estimate of drug-likeness (QED) is 0.674. The number of rotatable bonds is 5. The van der Waals surface area contributed by atoms with E-state index in [9.17, 15) is 4.79 Å². The predicted molar refractivity (Wildman–Crippen MR) is 79.9 cm³/mol. The predicted octanol–water partition coefficient (Wildman–Crippen LogP) is 2.88. The Hall–Kier alpha value is -2.63. The van der Waals surface area contributed by atoms with Gasteiger partial charge in [-0.05, 0) is 24.1 Å². The summed E-state index contributed by atoms with van der Waals surface area (Å²) in [6, 6.07) is 6.94. The minimum Gasteiger partial charge on any atom is -0.484 e. The maximum atomic E-state index is 11.5. The van der Waals surface area contributed by atoms with Crippen LogP contribution in [0.3, 0.4) is 0 Å². The van der Waals surface area contributed by atoms with Crippen LogP contribution < -0.4 is 10.4 Å². The van der Waals surface area contributed by atoms with Crippen molar-refractivity contribution in [3.05, 3.63) is 52.0 Å². The van der Waals surface area contributed by atoms with E-state index >= 15 is 0 Å². The van der Waals surface area contributed by atoms with Gasteiger partial charge in [0.1, 0.15) is 11.3 Å². The number of fused-ring (bicyclic) bond motifs is 1. The standard InChI is InChI=1S/C16H16N2O4/c1-3-10-7-16(19)21-13-8-11(5-6-12(10)13)20-9-15-18-17-14(4-2)22-15/h5-8H,3-4,9H2,1-2H3. The Bertz CT molecular complexity index is 851. The Morgan fingerprint density at radius 3 is 2.59 bits per heavy atom. The highest BCUT2D eigenvalue weighted by Gasteiger charge is 2.08. The third kappa shape index (κ3) is 2.86. The number of aromatic nitrogens is 2. The van der Waals surface area contributed by atoms with Crippen molar-refractivity contribution < 1.29 is 13.6 Å². The molecule has 0 bridgehead atoms. The van der Waals surface area contributed by atoms with E-state index in [1.54, 1.807) is 6.07 Å². The van der Waals surface area contributed by atoms with E-state index in [4.69, 9.17) is 13.6 Å². The van der Waals surface area contributed by atoms with Gasteiger partial charge in [0.25, 0.3) is 5.89 Å². The maximum absolute atomic E-state index is 11.5. The maximum Gasteiger partial charge on any atom is 0.336 e. The first-order chi connectivity index (χ1) is 10.7. The highest BCUT2D eigenvalue weighted by molar-refractivity contribution is 5.81. The molecule has 114 valence electrons. The topological polar surface area (TPSA) is 78.4 Å². The molecule has 6 nitrogen and oxygen atoms in total. The molecule has 0 aliphatic rings. The van der Waals surface area contributed by atoms with Crippen LogP contribution in [0.2, 0.25) is 0 Å². The second-order valence-corrected chi connectivity index (χ2v) is 4.83. The molecule has 0 amide bonds. The van der Waals surface area contributed by atoms with E-state index in [1.165, 1.54) is 6.07 Å². The van der Waals surface area contributed by atoms with Crippen molar-refractivity contribution in [2.24, 2.45) is 0 Å². The first-order valence-corrected chi connectivity index (χ1v) is 7.20. The Morgan fingerprint density at radius 1 is 1.05 bits per heavy atom. The van der Waals surface area contributed by atoms with Crippen molar-refractivity contribution in [1.82, 2.24) is 10.2 Å². The molecule has 1 aromatic carbocycles. The lowest BCUT2D eigenvalue weighted by Crippen LogP contribution is -2.00. The molecule has 0 saturated carbocycles. The van der Waals surface area contributed by atoms with Crippen LogP contribution in [-0.2, 0) is 19.4 Å². The summed E-state index contributed by atoms with van der Waals surface area (Å²) >= 11 is 0. The van der Waals surface area contributed by atoms with Crippen LogP contribution >= 0.6 is 0 Å². The first kappa shape index (κ1) is 14.3. The van der Waals surface area contributed by atoms with Gasteiger partial charge in [0, 0.05) is 23.9 Å². The molecule has 0 unspecified atom stereocenters. The summed E-state index contributed by atoms with van der Waals surface area (Å²) < 4.78 is 16.2. The van der Waals surface area contributed by atoms with Crippen LogP contribution in [0, 0.1) is 0 Å². The normalized spacial score (nSPS) is 11.0. The lowest BCUT2D eigenvalue weighted by molar-refractivity contribution is 0.259.